The van der Waals surface area contributed by atoms with Gasteiger partial charge in [0.2, 0.25) is 0 Å². The van der Waals surface area contributed by atoms with Crippen LogP contribution in [0.1, 0.15) is 15.9 Å². The van der Waals surface area contributed by atoms with Crippen molar-refractivity contribution in [2.75, 3.05) is 0 Å². The third-order valence-electron chi connectivity index (χ3n) is 4.16. The number of ketones is 1. The Labute approximate surface area is 153 Å². The van der Waals surface area contributed by atoms with Crippen molar-refractivity contribution in [3.8, 4) is 27.7 Å². The Morgan fingerprint density at radius 2 is 1.31 bits per heavy atom. The Morgan fingerprint density at radius 1 is 0.731 bits per heavy atom. The van der Waals surface area contributed by atoms with E-state index in [9.17, 15) is 20.1 Å². The number of aromatic hydroxyl groups is 3. The summed E-state index contributed by atoms with van der Waals surface area (Å²) in [5.74, 6) is 0.226. The van der Waals surface area contributed by atoms with Gasteiger partial charge in [-0.05, 0) is 72.3 Å². The molecule has 26 heavy (non-hydrogen) atoms. The number of hydrogen-bond acceptors (Lipinski definition) is 5. The molecule has 1 heterocycles. The van der Waals surface area contributed by atoms with Gasteiger partial charge in [0.25, 0.3) is 0 Å². The summed E-state index contributed by atoms with van der Waals surface area (Å²) in [4.78, 5) is 14.0. The molecule has 0 amide bonds. The number of fused-ring (bicyclic) bond motifs is 1. The zero-order valence-electron chi connectivity index (χ0n) is 13.5. The van der Waals surface area contributed by atoms with Crippen LogP contribution in [0.15, 0.2) is 66.7 Å². The molecule has 4 rings (SSSR count). The summed E-state index contributed by atoms with van der Waals surface area (Å²) < 4.78 is 0.801. The van der Waals surface area contributed by atoms with Gasteiger partial charge in [0.1, 0.15) is 17.2 Å². The van der Waals surface area contributed by atoms with Gasteiger partial charge in [0.15, 0.2) is 5.78 Å². The third-order valence-corrected chi connectivity index (χ3v) is 5.36. The molecule has 0 aliphatic rings. The van der Waals surface area contributed by atoms with Crippen LogP contribution in [0, 0.1) is 0 Å². The molecule has 0 atom stereocenters. The molecule has 128 valence electrons. The van der Waals surface area contributed by atoms with E-state index in [1.807, 2.05) is 0 Å². The van der Waals surface area contributed by atoms with Gasteiger partial charge in [-0.15, -0.1) is 11.3 Å². The minimum Gasteiger partial charge on any atom is -0.508 e. The van der Waals surface area contributed by atoms with Gasteiger partial charge in [-0.25, -0.2) is 0 Å². The van der Waals surface area contributed by atoms with Crippen molar-refractivity contribution in [2.45, 2.75) is 0 Å². The summed E-state index contributed by atoms with van der Waals surface area (Å²) in [6, 6.07) is 17.7. The molecular formula is C21H14O4S. The normalized spacial score (nSPS) is 10.9. The van der Waals surface area contributed by atoms with E-state index in [-0.39, 0.29) is 23.0 Å². The number of benzene rings is 3. The second-order valence-corrected chi connectivity index (χ2v) is 6.96. The van der Waals surface area contributed by atoms with Crippen LogP contribution in [0.4, 0.5) is 0 Å². The average molecular weight is 362 g/mol. The van der Waals surface area contributed by atoms with Crippen molar-refractivity contribution in [3.63, 3.8) is 0 Å². The highest BCUT2D eigenvalue weighted by atomic mass is 32.1. The van der Waals surface area contributed by atoms with E-state index >= 15 is 0 Å². The van der Waals surface area contributed by atoms with E-state index < -0.39 is 0 Å². The van der Waals surface area contributed by atoms with Gasteiger partial charge in [0, 0.05) is 26.1 Å². The molecular weight excluding hydrogens is 348 g/mol. The molecule has 4 aromatic rings. The first kappa shape index (κ1) is 16.2. The molecule has 3 aromatic carbocycles. The van der Waals surface area contributed by atoms with Crippen LogP contribution >= 0.6 is 11.3 Å². The number of hydrogen-bond donors (Lipinski definition) is 3. The van der Waals surface area contributed by atoms with Crippen LogP contribution in [0.3, 0.4) is 0 Å². The van der Waals surface area contributed by atoms with Crippen molar-refractivity contribution in [2.24, 2.45) is 0 Å². The van der Waals surface area contributed by atoms with Crippen LogP contribution in [-0.2, 0) is 0 Å². The summed E-state index contributed by atoms with van der Waals surface area (Å²) in [5.41, 5.74) is 1.82. The van der Waals surface area contributed by atoms with Crippen LogP contribution in [-0.4, -0.2) is 21.1 Å². The molecule has 0 unspecified atom stereocenters. The predicted octanol–water partition coefficient (Wildman–Crippen LogP) is 4.92. The van der Waals surface area contributed by atoms with Crippen molar-refractivity contribution >= 4 is 27.2 Å². The van der Waals surface area contributed by atoms with E-state index in [4.69, 9.17) is 0 Å². The number of thiophene rings is 1. The van der Waals surface area contributed by atoms with E-state index in [0.29, 0.717) is 11.1 Å². The van der Waals surface area contributed by atoms with E-state index in [1.54, 1.807) is 54.6 Å². The SMILES string of the molecule is O=C(c1ccc(O)cc1)c1c(-c2ccc(O)cc2)sc2cc(O)ccc12. The lowest BCUT2D eigenvalue weighted by atomic mass is 9.97. The van der Waals surface area contributed by atoms with E-state index in [1.165, 1.54) is 23.5 Å². The topological polar surface area (TPSA) is 77.8 Å². The number of phenols is 3. The molecule has 0 fully saturated rings. The molecule has 1 aromatic heterocycles. The van der Waals surface area contributed by atoms with Crippen molar-refractivity contribution in [1.82, 2.24) is 0 Å². The summed E-state index contributed by atoms with van der Waals surface area (Å²) in [7, 11) is 0. The highest BCUT2D eigenvalue weighted by molar-refractivity contribution is 7.22. The fourth-order valence-electron chi connectivity index (χ4n) is 2.88. The minimum absolute atomic E-state index is 0.0976. The second kappa shape index (κ2) is 6.20. The van der Waals surface area contributed by atoms with Gasteiger partial charge in [-0.1, -0.05) is 0 Å². The van der Waals surface area contributed by atoms with E-state index in [0.717, 1.165) is 20.5 Å². The molecule has 0 saturated heterocycles. The highest BCUT2D eigenvalue weighted by Crippen LogP contribution is 2.41. The zero-order chi connectivity index (χ0) is 18.3. The maximum absolute atomic E-state index is 13.2. The maximum Gasteiger partial charge on any atom is 0.195 e. The van der Waals surface area contributed by atoms with Crippen LogP contribution < -0.4 is 0 Å². The summed E-state index contributed by atoms with van der Waals surface area (Å²) in [5, 5.41) is 29.6. The standard InChI is InChI=1S/C21H14O4S/c22-14-5-1-12(2-6-14)20(25)19-17-10-9-16(24)11-18(17)26-21(19)13-3-7-15(23)8-4-13/h1-11,22-24H. The second-order valence-electron chi connectivity index (χ2n) is 5.91. The smallest absolute Gasteiger partial charge is 0.195 e. The van der Waals surface area contributed by atoms with Crippen LogP contribution in [0.5, 0.6) is 17.2 Å². The van der Waals surface area contributed by atoms with E-state index in [2.05, 4.69) is 0 Å². The van der Waals surface area contributed by atoms with Crippen molar-refractivity contribution in [1.29, 1.82) is 0 Å². The van der Waals surface area contributed by atoms with Crippen LogP contribution in [0.25, 0.3) is 20.5 Å². The Morgan fingerprint density at radius 3 is 1.96 bits per heavy atom. The Bertz CT molecular complexity index is 1110. The number of carbonyl (C=O) groups is 1. The number of carbonyl (C=O) groups excluding carboxylic acids is 1. The molecule has 3 N–H and O–H groups in total. The summed E-state index contributed by atoms with van der Waals surface area (Å²) in [6.07, 6.45) is 0. The average Bonchev–Trinajstić information content (AvgIpc) is 3.00. The highest BCUT2D eigenvalue weighted by Gasteiger charge is 2.21. The zero-order valence-corrected chi connectivity index (χ0v) is 14.3. The molecule has 0 aliphatic carbocycles. The molecule has 0 radical (unpaired) electrons. The van der Waals surface area contributed by atoms with Crippen LogP contribution in [0.2, 0.25) is 0 Å². The van der Waals surface area contributed by atoms with Gasteiger partial charge >= 0.3 is 0 Å². The fourth-order valence-corrected chi connectivity index (χ4v) is 4.12. The van der Waals surface area contributed by atoms with Gasteiger partial charge in [-0.2, -0.15) is 0 Å². The molecule has 4 nitrogen and oxygen atoms in total. The Hall–Kier alpha value is -3.31. The lowest BCUT2D eigenvalue weighted by Crippen LogP contribution is -2.01. The summed E-state index contributed by atoms with van der Waals surface area (Å²) in [6.45, 7) is 0. The van der Waals surface area contributed by atoms with Gasteiger partial charge in [-0.3, -0.25) is 4.79 Å². The fraction of sp³-hybridized carbons (Fsp3) is 0. The predicted molar refractivity (Wildman–Crippen MR) is 102 cm³/mol. The summed E-state index contributed by atoms with van der Waals surface area (Å²) >= 11 is 1.41. The lowest BCUT2D eigenvalue weighted by molar-refractivity contribution is 0.104. The first-order valence-corrected chi connectivity index (χ1v) is 8.73. The maximum atomic E-state index is 13.2. The van der Waals surface area contributed by atoms with Gasteiger partial charge < -0.3 is 15.3 Å². The number of phenolic OH excluding ortho intramolecular Hbond substituents is 3. The molecule has 0 spiro atoms. The monoisotopic (exact) mass is 362 g/mol. The number of rotatable bonds is 3. The Balaban J connectivity index is 1.96. The minimum atomic E-state index is -0.162. The quantitative estimate of drug-likeness (QED) is 0.452. The Kier molecular flexibility index (Phi) is 3.86. The molecule has 0 bridgehead atoms. The lowest BCUT2D eigenvalue weighted by Gasteiger charge is -2.06. The largest absolute Gasteiger partial charge is 0.508 e. The van der Waals surface area contributed by atoms with Crippen molar-refractivity contribution < 1.29 is 20.1 Å². The molecule has 5 heteroatoms. The third kappa shape index (κ3) is 2.78. The first-order valence-electron chi connectivity index (χ1n) is 7.91. The molecule has 0 saturated carbocycles. The van der Waals surface area contributed by atoms with Gasteiger partial charge in [0.05, 0.1) is 0 Å². The first-order chi connectivity index (χ1) is 12.5. The molecule has 0 aliphatic heterocycles. The van der Waals surface area contributed by atoms with Crippen molar-refractivity contribution in [3.05, 3.63) is 77.9 Å².